The highest BCUT2D eigenvalue weighted by Crippen LogP contribution is 2.21. The fourth-order valence-electron chi connectivity index (χ4n) is 0.697. The molecule has 0 amide bonds. The number of hydrogen-bond acceptors (Lipinski definition) is 4. The molecule has 1 aliphatic rings. The Kier molecular flexibility index (Phi) is 1.98. The van der Waals surface area contributed by atoms with Crippen LogP contribution in [0.5, 0.6) is 0 Å². The fraction of sp³-hybridized carbons (Fsp3) is 0.400. The average Bonchev–Trinajstić information content (AvgIpc) is 2.32. The summed E-state index contributed by atoms with van der Waals surface area (Å²) in [6.07, 6.45) is -0.0206. The van der Waals surface area contributed by atoms with E-state index in [4.69, 9.17) is 5.53 Å². The highest BCUT2D eigenvalue weighted by atomic mass is 16.7. The van der Waals surface area contributed by atoms with Gasteiger partial charge in [0.15, 0.2) is 0 Å². The largest absolute Gasteiger partial charge is 0.468 e. The van der Waals surface area contributed by atoms with E-state index < -0.39 is 5.97 Å². The molecule has 0 atom stereocenters. The van der Waals surface area contributed by atoms with Crippen molar-refractivity contribution in [1.82, 2.24) is 0 Å². The summed E-state index contributed by atoms with van der Waals surface area (Å²) < 4.78 is 9.15. The van der Waals surface area contributed by atoms with Crippen molar-refractivity contribution < 1.29 is 14.3 Å². The Hall–Kier alpha value is -1.68. The SMILES string of the molecule is COC1=C(N=[N+]=[N-])CC(=O)O1. The van der Waals surface area contributed by atoms with Gasteiger partial charge in [0.2, 0.25) is 0 Å². The van der Waals surface area contributed by atoms with Crippen LogP contribution < -0.4 is 0 Å². The predicted molar refractivity (Wildman–Crippen MR) is 33.9 cm³/mol. The zero-order valence-corrected chi connectivity index (χ0v) is 5.77. The van der Waals surface area contributed by atoms with Crippen LogP contribution in [0, 0.1) is 0 Å². The molecule has 0 radical (unpaired) electrons. The van der Waals surface area contributed by atoms with Crippen molar-refractivity contribution in [3.63, 3.8) is 0 Å². The van der Waals surface area contributed by atoms with E-state index >= 15 is 0 Å². The normalized spacial score (nSPS) is 15.9. The van der Waals surface area contributed by atoms with E-state index in [9.17, 15) is 4.79 Å². The Morgan fingerprint density at radius 2 is 2.55 bits per heavy atom. The van der Waals surface area contributed by atoms with Crippen LogP contribution in [0.1, 0.15) is 6.42 Å². The van der Waals surface area contributed by atoms with Gasteiger partial charge < -0.3 is 9.47 Å². The molecule has 1 rings (SSSR count). The van der Waals surface area contributed by atoms with E-state index in [0.717, 1.165) is 0 Å². The minimum atomic E-state index is -0.468. The maximum atomic E-state index is 10.6. The van der Waals surface area contributed by atoms with Crippen LogP contribution in [0.4, 0.5) is 0 Å². The second kappa shape index (κ2) is 2.94. The molecule has 0 aromatic carbocycles. The van der Waals surface area contributed by atoms with Crippen LogP contribution in [-0.4, -0.2) is 13.1 Å². The van der Waals surface area contributed by atoms with Gasteiger partial charge in [0.1, 0.15) is 5.70 Å². The van der Waals surface area contributed by atoms with E-state index in [2.05, 4.69) is 19.5 Å². The lowest BCUT2D eigenvalue weighted by Gasteiger charge is -1.97. The number of cyclic esters (lactones) is 1. The summed E-state index contributed by atoms with van der Waals surface area (Å²) in [5, 5.41) is 3.22. The third kappa shape index (κ3) is 1.42. The first kappa shape index (κ1) is 7.43. The zero-order chi connectivity index (χ0) is 8.27. The highest BCUT2D eigenvalue weighted by molar-refractivity contribution is 5.76. The lowest BCUT2D eigenvalue weighted by atomic mass is 10.4. The number of ether oxygens (including phenoxy) is 2. The van der Waals surface area contributed by atoms with Crippen LogP contribution in [0.15, 0.2) is 16.8 Å². The number of methoxy groups -OCH3 is 1. The monoisotopic (exact) mass is 155 g/mol. The van der Waals surface area contributed by atoms with Crippen LogP contribution >= 0.6 is 0 Å². The number of carbonyl (C=O) groups excluding carboxylic acids is 1. The lowest BCUT2D eigenvalue weighted by molar-refractivity contribution is -0.140. The smallest absolute Gasteiger partial charge is 0.318 e. The van der Waals surface area contributed by atoms with Gasteiger partial charge in [-0.25, -0.2) is 0 Å². The van der Waals surface area contributed by atoms with Gasteiger partial charge in [0.05, 0.1) is 13.5 Å². The topological polar surface area (TPSA) is 84.3 Å². The standard InChI is InChI=1S/C5H5N3O3/c1-10-5-3(7-8-6)2-4(9)11-5/h2H2,1H3. The average molecular weight is 155 g/mol. The molecule has 0 aromatic rings. The molecule has 11 heavy (non-hydrogen) atoms. The van der Waals surface area contributed by atoms with E-state index in [-0.39, 0.29) is 18.1 Å². The number of azide groups is 1. The Balaban J connectivity index is 2.87. The predicted octanol–water partition coefficient (Wildman–Crippen LogP) is 1.06. The summed E-state index contributed by atoms with van der Waals surface area (Å²) in [7, 11) is 1.33. The number of hydrogen-bond donors (Lipinski definition) is 0. The molecule has 0 unspecified atom stereocenters. The van der Waals surface area contributed by atoms with Crippen molar-refractivity contribution in [2.75, 3.05) is 7.11 Å². The molecule has 0 saturated carbocycles. The fourth-order valence-corrected chi connectivity index (χ4v) is 0.697. The van der Waals surface area contributed by atoms with Gasteiger partial charge in [0, 0.05) is 4.91 Å². The minimum Gasteiger partial charge on any atom is -0.468 e. The molecule has 0 N–H and O–H groups in total. The molecule has 1 aliphatic heterocycles. The molecule has 58 valence electrons. The van der Waals surface area contributed by atoms with Crippen LogP contribution in [0.3, 0.4) is 0 Å². The minimum absolute atomic E-state index is 0.00667. The Bertz CT molecular complexity index is 264. The molecule has 1 heterocycles. The molecule has 0 aromatic heterocycles. The summed E-state index contributed by atoms with van der Waals surface area (Å²) in [6.45, 7) is 0. The third-order valence-electron chi connectivity index (χ3n) is 1.10. The first-order valence-electron chi connectivity index (χ1n) is 2.81. The van der Waals surface area contributed by atoms with Gasteiger partial charge in [-0.1, -0.05) is 5.11 Å². The van der Waals surface area contributed by atoms with Gasteiger partial charge in [-0.2, -0.15) is 0 Å². The molecule has 6 heteroatoms. The zero-order valence-electron chi connectivity index (χ0n) is 5.77. The summed E-state index contributed by atoms with van der Waals surface area (Å²) >= 11 is 0. The Morgan fingerprint density at radius 1 is 1.82 bits per heavy atom. The summed E-state index contributed by atoms with van der Waals surface area (Å²) in [6, 6.07) is 0. The first-order valence-corrected chi connectivity index (χ1v) is 2.81. The molecular weight excluding hydrogens is 150 g/mol. The molecule has 0 bridgehead atoms. The maximum Gasteiger partial charge on any atom is 0.318 e. The van der Waals surface area contributed by atoms with Gasteiger partial charge in [-0.05, 0) is 5.53 Å². The van der Waals surface area contributed by atoms with Crippen molar-refractivity contribution in [3.05, 3.63) is 22.1 Å². The van der Waals surface area contributed by atoms with Gasteiger partial charge in [-0.3, -0.25) is 4.79 Å². The highest BCUT2D eigenvalue weighted by Gasteiger charge is 2.23. The lowest BCUT2D eigenvalue weighted by Crippen LogP contribution is -1.94. The van der Waals surface area contributed by atoms with E-state index in [1.54, 1.807) is 0 Å². The number of carbonyl (C=O) groups is 1. The Labute approximate surface area is 62.0 Å². The Morgan fingerprint density at radius 3 is 3.09 bits per heavy atom. The number of nitrogens with zero attached hydrogens (tertiary/aromatic N) is 3. The van der Waals surface area contributed by atoms with Gasteiger partial charge in [0.25, 0.3) is 5.95 Å². The van der Waals surface area contributed by atoms with Crippen molar-refractivity contribution >= 4 is 5.97 Å². The first-order chi connectivity index (χ1) is 5.27. The van der Waals surface area contributed by atoms with E-state index in [0.29, 0.717) is 0 Å². The molecular formula is C5H5N3O3. The molecule has 0 saturated heterocycles. The molecule has 0 aliphatic carbocycles. The maximum absolute atomic E-state index is 10.6. The van der Waals surface area contributed by atoms with E-state index in [1.807, 2.05) is 0 Å². The van der Waals surface area contributed by atoms with Crippen LogP contribution in [-0.2, 0) is 14.3 Å². The molecule has 0 fully saturated rings. The van der Waals surface area contributed by atoms with Crippen molar-refractivity contribution in [2.24, 2.45) is 5.11 Å². The summed E-state index contributed by atoms with van der Waals surface area (Å²) in [5.74, 6) is -0.475. The third-order valence-corrected chi connectivity index (χ3v) is 1.10. The molecule has 6 nitrogen and oxygen atoms in total. The van der Waals surface area contributed by atoms with Crippen molar-refractivity contribution in [2.45, 2.75) is 6.42 Å². The second-order valence-corrected chi connectivity index (χ2v) is 1.78. The quantitative estimate of drug-likeness (QED) is 0.258. The van der Waals surface area contributed by atoms with Crippen molar-refractivity contribution in [1.29, 1.82) is 0 Å². The van der Waals surface area contributed by atoms with E-state index in [1.165, 1.54) is 7.11 Å². The number of rotatable bonds is 2. The van der Waals surface area contributed by atoms with Gasteiger partial charge >= 0.3 is 5.97 Å². The van der Waals surface area contributed by atoms with Crippen molar-refractivity contribution in [3.8, 4) is 0 Å². The van der Waals surface area contributed by atoms with Gasteiger partial charge in [-0.15, -0.1) is 0 Å². The summed E-state index contributed by atoms with van der Waals surface area (Å²) in [5.41, 5.74) is 8.22. The molecule has 0 spiro atoms. The number of esters is 1. The second-order valence-electron chi connectivity index (χ2n) is 1.78. The van der Waals surface area contributed by atoms with Crippen LogP contribution in [0.2, 0.25) is 0 Å². The summed E-state index contributed by atoms with van der Waals surface area (Å²) in [4.78, 5) is 13.1. The van der Waals surface area contributed by atoms with Crippen LogP contribution in [0.25, 0.3) is 10.4 Å².